The highest BCUT2D eigenvalue weighted by Gasteiger charge is 2.19. The van der Waals surface area contributed by atoms with E-state index in [0.717, 1.165) is 29.1 Å². The Labute approximate surface area is 171 Å². The molecule has 0 unspecified atom stereocenters. The molecule has 0 spiro atoms. The highest BCUT2D eigenvalue weighted by molar-refractivity contribution is 7.92. The van der Waals surface area contributed by atoms with Gasteiger partial charge in [0.05, 0.1) is 22.2 Å². The number of hydrogen-bond acceptors (Lipinski definition) is 4. The van der Waals surface area contributed by atoms with Crippen LogP contribution in [0.1, 0.15) is 15.2 Å². The maximum atomic E-state index is 13.0. The lowest BCUT2D eigenvalue weighted by atomic mass is 10.2. The molecule has 28 heavy (non-hydrogen) atoms. The molecular weight excluding hydrogens is 423 g/mol. The van der Waals surface area contributed by atoms with Gasteiger partial charge in [0.25, 0.3) is 15.9 Å². The van der Waals surface area contributed by atoms with Crippen LogP contribution in [0, 0.1) is 5.82 Å². The van der Waals surface area contributed by atoms with Gasteiger partial charge in [0.15, 0.2) is 0 Å². The number of halogens is 2. The van der Waals surface area contributed by atoms with Crippen LogP contribution < -0.4 is 4.72 Å². The number of thiophene rings is 1. The topological polar surface area (TPSA) is 66.5 Å². The summed E-state index contributed by atoms with van der Waals surface area (Å²) in [5.74, 6) is -0.814. The first-order valence-corrected chi connectivity index (χ1v) is 10.9. The fourth-order valence-electron chi connectivity index (χ4n) is 2.48. The molecule has 1 amide bonds. The van der Waals surface area contributed by atoms with E-state index in [-0.39, 0.29) is 21.5 Å². The van der Waals surface area contributed by atoms with Gasteiger partial charge < -0.3 is 4.90 Å². The lowest BCUT2D eigenvalue weighted by molar-refractivity contribution is 0.0786. The van der Waals surface area contributed by atoms with Gasteiger partial charge in [0.2, 0.25) is 0 Å². The Morgan fingerprint density at radius 2 is 1.89 bits per heavy atom. The van der Waals surface area contributed by atoms with Crippen molar-refractivity contribution in [2.24, 2.45) is 0 Å². The predicted molar refractivity (Wildman–Crippen MR) is 109 cm³/mol. The molecule has 3 rings (SSSR count). The van der Waals surface area contributed by atoms with Crippen LogP contribution in [-0.4, -0.2) is 26.3 Å². The molecule has 9 heteroatoms. The van der Waals surface area contributed by atoms with E-state index in [0.29, 0.717) is 12.1 Å². The van der Waals surface area contributed by atoms with Crippen molar-refractivity contribution >= 4 is 44.6 Å². The zero-order valence-electron chi connectivity index (χ0n) is 14.7. The minimum Gasteiger partial charge on any atom is -0.337 e. The molecule has 3 aromatic rings. The van der Waals surface area contributed by atoms with Crippen molar-refractivity contribution in [2.45, 2.75) is 11.4 Å². The number of amides is 1. The number of nitrogens with one attached hydrogen (secondary N) is 1. The van der Waals surface area contributed by atoms with Crippen molar-refractivity contribution in [1.29, 1.82) is 0 Å². The van der Waals surface area contributed by atoms with Gasteiger partial charge in [-0.25, -0.2) is 12.8 Å². The second kappa shape index (κ2) is 8.30. The SMILES string of the molecule is CN(Cc1cccs1)C(=O)c1ccc(Cl)c(NS(=O)(=O)c2ccc(F)cc2)c1. The number of carbonyl (C=O) groups is 1. The van der Waals surface area contributed by atoms with E-state index in [1.54, 1.807) is 18.4 Å². The molecule has 0 aliphatic carbocycles. The van der Waals surface area contributed by atoms with Crippen LogP contribution in [0.25, 0.3) is 0 Å². The van der Waals surface area contributed by atoms with E-state index in [1.807, 2.05) is 17.5 Å². The highest BCUT2D eigenvalue weighted by atomic mass is 35.5. The van der Waals surface area contributed by atoms with Crippen molar-refractivity contribution < 1.29 is 17.6 Å². The number of rotatable bonds is 6. The summed E-state index contributed by atoms with van der Waals surface area (Å²) >= 11 is 7.65. The van der Waals surface area contributed by atoms with Gasteiger partial charge in [-0.2, -0.15) is 0 Å². The lowest BCUT2D eigenvalue weighted by Crippen LogP contribution is -2.26. The molecule has 0 aliphatic rings. The summed E-state index contributed by atoms with van der Waals surface area (Å²) in [7, 11) is -2.31. The van der Waals surface area contributed by atoms with E-state index >= 15 is 0 Å². The van der Waals surface area contributed by atoms with Crippen molar-refractivity contribution in [2.75, 3.05) is 11.8 Å². The number of hydrogen-bond donors (Lipinski definition) is 1. The fraction of sp³-hybridized carbons (Fsp3) is 0.105. The molecule has 5 nitrogen and oxygen atoms in total. The summed E-state index contributed by atoms with van der Waals surface area (Å²) in [6.45, 7) is 0.440. The molecule has 0 fully saturated rings. The van der Waals surface area contributed by atoms with E-state index in [1.165, 1.54) is 23.1 Å². The summed E-state index contributed by atoms with van der Waals surface area (Å²) in [5.41, 5.74) is 0.363. The summed E-state index contributed by atoms with van der Waals surface area (Å²) in [6, 6.07) is 12.6. The first-order chi connectivity index (χ1) is 13.3. The quantitative estimate of drug-likeness (QED) is 0.611. The van der Waals surface area contributed by atoms with E-state index in [4.69, 9.17) is 11.6 Å². The smallest absolute Gasteiger partial charge is 0.261 e. The largest absolute Gasteiger partial charge is 0.337 e. The molecule has 0 saturated heterocycles. The van der Waals surface area contributed by atoms with Gasteiger partial charge >= 0.3 is 0 Å². The molecule has 2 aromatic carbocycles. The van der Waals surface area contributed by atoms with Crippen molar-refractivity contribution in [3.8, 4) is 0 Å². The third-order valence-electron chi connectivity index (χ3n) is 3.90. The number of nitrogens with zero attached hydrogens (tertiary/aromatic N) is 1. The minimum absolute atomic E-state index is 0.0707. The molecule has 1 heterocycles. The number of sulfonamides is 1. The van der Waals surface area contributed by atoms with Gasteiger partial charge in [-0.05, 0) is 53.9 Å². The van der Waals surface area contributed by atoms with Crippen molar-refractivity contribution in [1.82, 2.24) is 4.90 Å². The maximum absolute atomic E-state index is 13.0. The molecule has 0 bridgehead atoms. The molecular formula is C19H16ClFN2O3S2. The summed E-state index contributed by atoms with van der Waals surface area (Å²) < 4.78 is 40.4. The van der Waals surface area contributed by atoms with Gasteiger partial charge in [0.1, 0.15) is 5.82 Å². The molecule has 0 radical (unpaired) electrons. The Hall–Kier alpha value is -2.42. The van der Waals surface area contributed by atoms with Crippen LogP contribution in [-0.2, 0) is 16.6 Å². The average molecular weight is 439 g/mol. The first-order valence-electron chi connectivity index (χ1n) is 8.12. The van der Waals surface area contributed by atoms with Crippen molar-refractivity contribution in [3.63, 3.8) is 0 Å². The summed E-state index contributed by atoms with van der Waals surface area (Å²) in [6.07, 6.45) is 0. The van der Waals surface area contributed by atoms with Gasteiger partial charge in [-0.1, -0.05) is 17.7 Å². The Bertz CT molecular complexity index is 1080. The molecule has 146 valence electrons. The van der Waals surface area contributed by atoms with Gasteiger partial charge in [0, 0.05) is 17.5 Å². The normalized spacial score (nSPS) is 11.2. The van der Waals surface area contributed by atoms with Crippen LogP contribution >= 0.6 is 22.9 Å². The zero-order chi connectivity index (χ0) is 20.3. The van der Waals surface area contributed by atoms with E-state index in [2.05, 4.69) is 4.72 Å². The molecule has 0 saturated carbocycles. The fourth-order valence-corrected chi connectivity index (χ4v) is 4.53. The second-order valence-corrected chi connectivity index (χ2v) is 9.12. The predicted octanol–water partition coefficient (Wildman–Crippen LogP) is 4.61. The number of benzene rings is 2. The number of anilines is 1. The van der Waals surface area contributed by atoms with Crippen LogP contribution in [0.5, 0.6) is 0 Å². The molecule has 0 atom stereocenters. The Kier molecular flexibility index (Phi) is 6.02. The Balaban J connectivity index is 1.83. The maximum Gasteiger partial charge on any atom is 0.261 e. The Morgan fingerprint density at radius 1 is 1.18 bits per heavy atom. The van der Waals surface area contributed by atoms with Crippen LogP contribution in [0.15, 0.2) is 64.9 Å². The summed E-state index contributed by atoms with van der Waals surface area (Å²) in [5, 5.41) is 2.07. The third-order valence-corrected chi connectivity index (χ3v) is 6.47. The highest BCUT2D eigenvalue weighted by Crippen LogP contribution is 2.27. The zero-order valence-corrected chi connectivity index (χ0v) is 17.1. The van der Waals surface area contributed by atoms with Crippen LogP contribution in [0.3, 0.4) is 0 Å². The average Bonchev–Trinajstić information content (AvgIpc) is 3.16. The van der Waals surface area contributed by atoms with Crippen molar-refractivity contribution in [3.05, 3.63) is 81.3 Å². The second-order valence-electron chi connectivity index (χ2n) is 5.99. The summed E-state index contributed by atoms with van der Waals surface area (Å²) in [4.78, 5) is 15.1. The lowest BCUT2D eigenvalue weighted by Gasteiger charge is -2.17. The third kappa shape index (κ3) is 4.70. The minimum atomic E-state index is -3.98. The number of carbonyl (C=O) groups excluding carboxylic acids is 1. The van der Waals surface area contributed by atoms with Gasteiger partial charge in [-0.3, -0.25) is 9.52 Å². The standard InChI is InChI=1S/C19H16ClFN2O3S2/c1-23(12-15-3-2-10-27-15)19(24)13-4-9-17(20)18(11-13)22-28(25,26)16-7-5-14(21)6-8-16/h2-11,22H,12H2,1H3. The van der Waals surface area contributed by atoms with Gasteiger partial charge in [-0.15, -0.1) is 11.3 Å². The Morgan fingerprint density at radius 3 is 2.54 bits per heavy atom. The first kappa shape index (κ1) is 20.3. The van der Waals surface area contributed by atoms with Crippen LogP contribution in [0.2, 0.25) is 5.02 Å². The van der Waals surface area contributed by atoms with Crippen LogP contribution in [0.4, 0.5) is 10.1 Å². The van der Waals surface area contributed by atoms with E-state index < -0.39 is 15.8 Å². The monoisotopic (exact) mass is 438 g/mol. The molecule has 0 aliphatic heterocycles. The molecule has 1 aromatic heterocycles. The molecule has 1 N–H and O–H groups in total. The van der Waals surface area contributed by atoms with E-state index in [9.17, 15) is 17.6 Å².